The highest BCUT2D eigenvalue weighted by atomic mass is 16.5. The number of phenols is 1. The van der Waals surface area contributed by atoms with E-state index in [1.807, 2.05) is 25.1 Å². The maximum Gasteiger partial charge on any atom is 0.266 e. The molecule has 1 amide bonds. The molecule has 0 unspecified atom stereocenters. The molecule has 7 heteroatoms. The van der Waals surface area contributed by atoms with Crippen LogP contribution in [0.25, 0.3) is 6.08 Å². The summed E-state index contributed by atoms with van der Waals surface area (Å²) in [4.78, 5) is 12.7. The summed E-state index contributed by atoms with van der Waals surface area (Å²) in [6, 6.07) is 20.8. The molecule has 0 radical (unpaired) electrons. The third-order valence-electron chi connectivity index (χ3n) is 5.13. The monoisotopic (exact) mass is 479 g/mol. The molecule has 180 valence electrons. The molecular formula is C29H25N3O4. The summed E-state index contributed by atoms with van der Waals surface area (Å²) in [6.07, 6.45) is 3.65. The Morgan fingerprint density at radius 3 is 2.50 bits per heavy atom. The van der Waals surface area contributed by atoms with Crippen molar-refractivity contribution in [1.82, 2.24) is 0 Å². The number of nitriles is 2. The fraction of sp³-hybridized carbons (Fsp3) is 0.138. The number of anilines is 1. The lowest BCUT2D eigenvalue weighted by Crippen LogP contribution is -2.13. The number of aromatic hydroxyl groups is 1. The molecule has 0 spiro atoms. The molecule has 0 atom stereocenters. The number of allylic oxidation sites excluding steroid dienone is 1. The second-order valence-corrected chi connectivity index (χ2v) is 7.66. The third-order valence-corrected chi connectivity index (χ3v) is 5.13. The molecular weight excluding hydrogens is 454 g/mol. The zero-order valence-corrected chi connectivity index (χ0v) is 19.8. The van der Waals surface area contributed by atoms with E-state index in [-0.39, 0.29) is 17.9 Å². The van der Waals surface area contributed by atoms with Crippen LogP contribution in [-0.4, -0.2) is 17.6 Å². The molecule has 0 bridgehead atoms. The Kier molecular flexibility index (Phi) is 8.86. The average Bonchev–Trinajstić information content (AvgIpc) is 2.88. The molecule has 0 saturated carbocycles. The van der Waals surface area contributed by atoms with E-state index in [0.717, 1.165) is 11.1 Å². The average molecular weight is 480 g/mol. The summed E-state index contributed by atoms with van der Waals surface area (Å²) in [5, 5.41) is 31.0. The van der Waals surface area contributed by atoms with Crippen molar-refractivity contribution in [3.63, 3.8) is 0 Å². The number of carbonyl (C=O) groups excluding carboxylic acids is 1. The number of hydrogen-bond donors (Lipinski definition) is 2. The Morgan fingerprint density at radius 2 is 1.83 bits per heavy atom. The predicted octanol–water partition coefficient (Wildman–Crippen LogP) is 5.52. The molecule has 3 aromatic rings. The van der Waals surface area contributed by atoms with Gasteiger partial charge in [0.1, 0.15) is 24.0 Å². The first kappa shape index (κ1) is 25.6. The lowest BCUT2D eigenvalue weighted by atomic mass is 10.0. The number of nitrogens with one attached hydrogen (secondary N) is 1. The van der Waals surface area contributed by atoms with Gasteiger partial charge in [0.25, 0.3) is 5.91 Å². The molecule has 7 nitrogen and oxygen atoms in total. The van der Waals surface area contributed by atoms with Crippen molar-refractivity contribution < 1.29 is 19.4 Å². The molecule has 0 saturated heterocycles. The Morgan fingerprint density at radius 1 is 1.08 bits per heavy atom. The Bertz CT molecular complexity index is 1360. The summed E-state index contributed by atoms with van der Waals surface area (Å²) in [6.45, 7) is 6.20. The number of amides is 1. The van der Waals surface area contributed by atoms with Crippen molar-refractivity contribution in [2.24, 2.45) is 0 Å². The van der Waals surface area contributed by atoms with Gasteiger partial charge in [-0.3, -0.25) is 4.79 Å². The van der Waals surface area contributed by atoms with Crippen molar-refractivity contribution in [3.8, 4) is 29.4 Å². The topological polar surface area (TPSA) is 115 Å². The van der Waals surface area contributed by atoms with Crippen LogP contribution < -0.4 is 14.8 Å². The number of ether oxygens (including phenoxy) is 2. The molecule has 0 aliphatic rings. The maximum absolute atomic E-state index is 12.7. The summed E-state index contributed by atoms with van der Waals surface area (Å²) in [7, 11) is 0. The maximum atomic E-state index is 12.7. The molecule has 0 heterocycles. The van der Waals surface area contributed by atoms with Gasteiger partial charge in [-0.2, -0.15) is 10.5 Å². The smallest absolute Gasteiger partial charge is 0.266 e. The normalized spacial score (nSPS) is 10.6. The van der Waals surface area contributed by atoms with Crippen LogP contribution in [0.4, 0.5) is 5.69 Å². The first-order chi connectivity index (χ1) is 17.5. The number of benzene rings is 3. The minimum absolute atomic E-state index is 0.0701. The summed E-state index contributed by atoms with van der Waals surface area (Å²) < 4.78 is 11.9. The standard InChI is InChI=1S/C29H25N3O4/c1-3-7-21-14-20(15-24(18-31)29(34)32-25-10-12-26(33)13-11-25)16-27(35-4-2)28(21)36-19-23-9-6-5-8-22(23)17-30/h3,5-6,8-16,33H,1,4,7,19H2,2H3,(H,32,34)/b24-15+. The highest BCUT2D eigenvalue weighted by Crippen LogP contribution is 2.35. The van der Waals surface area contributed by atoms with Gasteiger partial charge in [-0.15, -0.1) is 6.58 Å². The molecule has 2 N–H and O–H groups in total. The molecule has 36 heavy (non-hydrogen) atoms. The van der Waals surface area contributed by atoms with E-state index < -0.39 is 5.91 Å². The van der Waals surface area contributed by atoms with E-state index in [9.17, 15) is 20.4 Å². The van der Waals surface area contributed by atoms with Gasteiger partial charge in [-0.05, 0) is 67.4 Å². The van der Waals surface area contributed by atoms with Crippen molar-refractivity contribution in [1.29, 1.82) is 10.5 Å². The first-order valence-corrected chi connectivity index (χ1v) is 11.2. The summed E-state index contributed by atoms with van der Waals surface area (Å²) >= 11 is 0. The van der Waals surface area contributed by atoms with Crippen LogP contribution in [0, 0.1) is 22.7 Å². The molecule has 0 fully saturated rings. The van der Waals surface area contributed by atoms with Crippen LogP contribution in [0.3, 0.4) is 0 Å². The third kappa shape index (κ3) is 6.53. The summed E-state index contributed by atoms with van der Waals surface area (Å²) in [5.74, 6) is 0.447. The first-order valence-electron chi connectivity index (χ1n) is 11.2. The van der Waals surface area contributed by atoms with Crippen LogP contribution in [0.1, 0.15) is 29.2 Å². The van der Waals surface area contributed by atoms with Gasteiger partial charge in [0.05, 0.1) is 18.2 Å². The number of phenolic OH excluding ortho intramolecular Hbond substituents is 1. The van der Waals surface area contributed by atoms with E-state index in [1.54, 1.807) is 30.3 Å². The summed E-state index contributed by atoms with van der Waals surface area (Å²) in [5.41, 5.74) is 2.95. The molecule has 0 aromatic heterocycles. The Balaban J connectivity index is 1.94. The predicted molar refractivity (Wildman–Crippen MR) is 137 cm³/mol. The molecule has 0 aliphatic carbocycles. The van der Waals surface area contributed by atoms with Gasteiger partial charge in [0, 0.05) is 16.8 Å². The number of hydrogen-bond acceptors (Lipinski definition) is 6. The molecule has 3 aromatic carbocycles. The minimum Gasteiger partial charge on any atom is -0.508 e. The van der Waals surface area contributed by atoms with Crippen LogP contribution in [-0.2, 0) is 17.8 Å². The number of rotatable bonds is 10. The second-order valence-electron chi connectivity index (χ2n) is 7.66. The minimum atomic E-state index is -0.583. The quantitative estimate of drug-likeness (QED) is 0.171. The second kappa shape index (κ2) is 12.5. The fourth-order valence-corrected chi connectivity index (χ4v) is 3.46. The lowest BCUT2D eigenvalue weighted by Gasteiger charge is -2.17. The van der Waals surface area contributed by atoms with Crippen LogP contribution in [0.15, 0.2) is 78.9 Å². The van der Waals surface area contributed by atoms with Crippen molar-refractivity contribution in [3.05, 3.63) is 101 Å². The zero-order chi connectivity index (χ0) is 25.9. The van der Waals surface area contributed by atoms with E-state index >= 15 is 0 Å². The van der Waals surface area contributed by atoms with Crippen molar-refractivity contribution in [2.75, 3.05) is 11.9 Å². The SMILES string of the molecule is C=CCc1cc(/C=C(\C#N)C(=O)Nc2ccc(O)cc2)cc(OCC)c1OCc1ccccc1C#N. The van der Waals surface area contributed by atoms with E-state index in [1.165, 1.54) is 30.3 Å². The Labute approximate surface area is 210 Å². The number of nitrogens with zero attached hydrogens (tertiary/aromatic N) is 2. The molecule has 0 aliphatic heterocycles. The van der Waals surface area contributed by atoms with Crippen LogP contribution >= 0.6 is 0 Å². The van der Waals surface area contributed by atoms with Gasteiger partial charge in [0.15, 0.2) is 11.5 Å². The highest BCUT2D eigenvalue weighted by molar-refractivity contribution is 6.09. The van der Waals surface area contributed by atoms with Crippen LogP contribution in [0.5, 0.6) is 17.2 Å². The van der Waals surface area contributed by atoms with Crippen molar-refractivity contribution >= 4 is 17.7 Å². The van der Waals surface area contributed by atoms with Crippen LogP contribution in [0.2, 0.25) is 0 Å². The molecule has 3 rings (SSSR count). The van der Waals surface area contributed by atoms with Gasteiger partial charge in [-0.1, -0.05) is 24.3 Å². The number of carbonyl (C=O) groups is 1. The van der Waals surface area contributed by atoms with Crippen molar-refractivity contribution in [2.45, 2.75) is 20.0 Å². The van der Waals surface area contributed by atoms with Gasteiger partial charge >= 0.3 is 0 Å². The zero-order valence-electron chi connectivity index (χ0n) is 19.8. The Hall–Kier alpha value is -5.01. The van der Waals surface area contributed by atoms with E-state index in [4.69, 9.17) is 9.47 Å². The van der Waals surface area contributed by atoms with Gasteiger partial charge in [-0.25, -0.2) is 0 Å². The van der Waals surface area contributed by atoms with Gasteiger partial charge in [0.2, 0.25) is 0 Å². The largest absolute Gasteiger partial charge is 0.508 e. The van der Waals surface area contributed by atoms with Gasteiger partial charge < -0.3 is 19.9 Å². The lowest BCUT2D eigenvalue weighted by molar-refractivity contribution is -0.112. The van der Waals surface area contributed by atoms with E-state index in [0.29, 0.717) is 41.3 Å². The van der Waals surface area contributed by atoms with E-state index in [2.05, 4.69) is 18.0 Å². The fourth-order valence-electron chi connectivity index (χ4n) is 3.46. The highest BCUT2D eigenvalue weighted by Gasteiger charge is 2.16.